The van der Waals surface area contributed by atoms with E-state index >= 15 is 0 Å². The van der Waals surface area contributed by atoms with Crippen molar-refractivity contribution in [3.8, 4) is 5.75 Å². The second-order valence-corrected chi connectivity index (χ2v) is 5.57. The Morgan fingerprint density at radius 1 is 1.31 bits per heavy atom. The normalized spacial score (nSPS) is 15.7. The summed E-state index contributed by atoms with van der Waals surface area (Å²) in [6, 6.07) is 6.59. The summed E-state index contributed by atoms with van der Waals surface area (Å²) in [7, 11) is 0. The second kappa shape index (κ2) is 8.91. The number of benzene rings is 1. The van der Waals surface area contributed by atoms with Crippen LogP contribution in [-0.4, -0.2) is 47.6 Å². The number of thiocarbonyl (C=S) groups is 1. The molecule has 1 aromatic rings. The van der Waals surface area contributed by atoms with E-state index in [9.17, 15) is 14.4 Å². The van der Waals surface area contributed by atoms with Crippen molar-refractivity contribution in [2.24, 2.45) is 0 Å². The monoisotopic (exact) mass is 374 g/mol. The summed E-state index contributed by atoms with van der Waals surface area (Å²) in [5.74, 6) is -1.03. The molecule has 1 N–H and O–H groups in total. The number of hydrogen-bond donors (Lipinski definition) is 1. The predicted molar refractivity (Wildman–Crippen MR) is 99.2 cm³/mol. The molecule has 1 saturated heterocycles. The van der Waals surface area contributed by atoms with Crippen molar-refractivity contribution >= 4 is 41.2 Å². The highest BCUT2D eigenvalue weighted by Gasteiger charge is 2.32. The zero-order valence-corrected chi connectivity index (χ0v) is 15.0. The fourth-order valence-corrected chi connectivity index (χ4v) is 2.41. The maximum Gasteiger partial charge on any atom is 0.344 e. The molecular weight excluding hydrogens is 356 g/mol. The van der Waals surface area contributed by atoms with Crippen LogP contribution in [0.15, 0.2) is 42.5 Å². The van der Waals surface area contributed by atoms with Crippen LogP contribution in [0.25, 0.3) is 6.08 Å². The molecule has 0 saturated carbocycles. The lowest BCUT2D eigenvalue weighted by Crippen LogP contribution is -2.53. The van der Waals surface area contributed by atoms with E-state index in [0.29, 0.717) is 11.3 Å². The van der Waals surface area contributed by atoms with Gasteiger partial charge < -0.3 is 9.47 Å². The molecule has 0 aliphatic carbocycles. The first-order chi connectivity index (χ1) is 12.5. The van der Waals surface area contributed by atoms with E-state index in [1.165, 1.54) is 17.1 Å². The standard InChI is InChI=1S/C18H18N2O5S/c1-3-9-20-17(23)14(16(22)19-18(20)26)10-12-5-7-13(8-6-12)25-11-15(21)24-4-2/h3,5-8,10H,1,4,9,11H2,2H3,(H,19,22,26). The lowest BCUT2D eigenvalue weighted by molar-refractivity contribution is -0.145. The first-order valence-corrected chi connectivity index (χ1v) is 8.25. The van der Waals surface area contributed by atoms with E-state index in [2.05, 4.69) is 11.9 Å². The Morgan fingerprint density at radius 3 is 2.62 bits per heavy atom. The molecular formula is C18H18N2O5S. The third-order valence-electron chi connectivity index (χ3n) is 3.35. The Kier molecular flexibility index (Phi) is 6.62. The summed E-state index contributed by atoms with van der Waals surface area (Å²) >= 11 is 4.99. The van der Waals surface area contributed by atoms with Crippen LogP contribution in [0.3, 0.4) is 0 Å². The Balaban J connectivity index is 2.11. The molecule has 1 fully saturated rings. The van der Waals surface area contributed by atoms with Crippen molar-refractivity contribution in [1.29, 1.82) is 0 Å². The van der Waals surface area contributed by atoms with E-state index in [0.717, 1.165) is 0 Å². The van der Waals surface area contributed by atoms with Crippen LogP contribution in [-0.2, 0) is 19.1 Å². The number of ether oxygens (including phenoxy) is 2. The third-order valence-corrected chi connectivity index (χ3v) is 3.67. The van der Waals surface area contributed by atoms with Crippen molar-refractivity contribution in [3.63, 3.8) is 0 Å². The molecule has 2 rings (SSSR count). The summed E-state index contributed by atoms with van der Waals surface area (Å²) in [4.78, 5) is 37.0. The molecule has 1 heterocycles. The molecule has 8 heteroatoms. The molecule has 0 spiro atoms. The van der Waals surface area contributed by atoms with Gasteiger partial charge in [-0.3, -0.25) is 19.8 Å². The third kappa shape index (κ3) is 4.76. The van der Waals surface area contributed by atoms with Crippen molar-refractivity contribution in [2.45, 2.75) is 6.92 Å². The van der Waals surface area contributed by atoms with Crippen LogP contribution in [0.4, 0.5) is 0 Å². The first kappa shape index (κ1) is 19.3. The molecule has 2 amide bonds. The Morgan fingerprint density at radius 2 is 2.00 bits per heavy atom. The molecule has 0 unspecified atom stereocenters. The summed E-state index contributed by atoms with van der Waals surface area (Å²) < 4.78 is 10.1. The molecule has 7 nitrogen and oxygen atoms in total. The molecule has 0 aromatic heterocycles. The van der Waals surface area contributed by atoms with Gasteiger partial charge in [-0.25, -0.2) is 4.79 Å². The van der Waals surface area contributed by atoms with E-state index in [-0.39, 0.29) is 30.4 Å². The van der Waals surface area contributed by atoms with Crippen LogP contribution in [0, 0.1) is 0 Å². The lowest BCUT2D eigenvalue weighted by atomic mass is 10.1. The van der Waals surface area contributed by atoms with Crippen LogP contribution < -0.4 is 10.1 Å². The van der Waals surface area contributed by atoms with Crippen LogP contribution in [0.2, 0.25) is 0 Å². The van der Waals surface area contributed by atoms with Gasteiger partial charge in [-0.1, -0.05) is 18.2 Å². The lowest BCUT2D eigenvalue weighted by Gasteiger charge is -2.27. The molecule has 1 aromatic carbocycles. The number of rotatable bonds is 7. The Hall–Kier alpha value is -3.00. The minimum absolute atomic E-state index is 0.0272. The van der Waals surface area contributed by atoms with Gasteiger partial charge in [0, 0.05) is 6.54 Å². The molecule has 1 aliphatic heterocycles. The average molecular weight is 374 g/mol. The van der Waals surface area contributed by atoms with Gasteiger partial charge in [0.2, 0.25) is 0 Å². The summed E-state index contributed by atoms with van der Waals surface area (Å²) in [5.41, 5.74) is 0.596. The highest BCUT2D eigenvalue weighted by atomic mass is 32.1. The minimum atomic E-state index is -0.553. The first-order valence-electron chi connectivity index (χ1n) is 7.84. The van der Waals surface area contributed by atoms with Gasteiger partial charge in [0.1, 0.15) is 11.3 Å². The number of nitrogens with one attached hydrogen (secondary N) is 1. The maximum atomic E-state index is 12.4. The molecule has 1 aliphatic rings. The van der Waals surface area contributed by atoms with Gasteiger partial charge in [0.15, 0.2) is 11.7 Å². The van der Waals surface area contributed by atoms with E-state index in [1.807, 2.05) is 0 Å². The van der Waals surface area contributed by atoms with E-state index < -0.39 is 17.8 Å². The maximum absolute atomic E-state index is 12.4. The largest absolute Gasteiger partial charge is 0.482 e. The fraction of sp³-hybridized carbons (Fsp3) is 0.222. The number of carbonyl (C=O) groups is 3. The zero-order chi connectivity index (χ0) is 19.1. The molecule has 0 atom stereocenters. The Bertz CT molecular complexity index is 770. The van der Waals surface area contributed by atoms with Crippen molar-refractivity contribution < 1.29 is 23.9 Å². The summed E-state index contributed by atoms with van der Waals surface area (Å²) in [6.07, 6.45) is 2.99. The van der Waals surface area contributed by atoms with Gasteiger partial charge in [-0.2, -0.15) is 0 Å². The van der Waals surface area contributed by atoms with E-state index in [4.69, 9.17) is 21.7 Å². The zero-order valence-electron chi connectivity index (χ0n) is 14.2. The van der Waals surface area contributed by atoms with Gasteiger partial charge >= 0.3 is 5.97 Å². The van der Waals surface area contributed by atoms with Crippen molar-refractivity contribution in [2.75, 3.05) is 19.8 Å². The van der Waals surface area contributed by atoms with Crippen molar-refractivity contribution in [1.82, 2.24) is 10.2 Å². The number of hydrogen-bond acceptors (Lipinski definition) is 6. The van der Waals surface area contributed by atoms with Crippen LogP contribution in [0.5, 0.6) is 5.75 Å². The minimum Gasteiger partial charge on any atom is -0.482 e. The fourth-order valence-electron chi connectivity index (χ4n) is 2.16. The SMILES string of the molecule is C=CCN1C(=O)C(=Cc2ccc(OCC(=O)OCC)cc2)C(=O)NC1=S. The van der Waals surface area contributed by atoms with Crippen molar-refractivity contribution in [3.05, 3.63) is 48.1 Å². The van der Waals surface area contributed by atoms with Gasteiger partial charge in [0.25, 0.3) is 11.8 Å². The number of nitrogens with zero attached hydrogens (tertiary/aromatic N) is 1. The average Bonchev–Trinajstić information content (AvgIpc) is 2.61. The molecule has 26 heavy (non-hydrogen) atoms. The quantitative estimate of drug-likeness (QED) is 0.256. The van der Waals surface area contributed by atoms with Gasteiger partial charge in [-0.15, -0.1) is 6.58 Å². The predicted octanol–water partition coefficient (Wildman–Crippen LogP) is 1.44. The molecule has 0 bridgehead atoms. The van der Waals surface area contributed by atoms with Crippen LogP contribution >= 0.6 is 12.2 Å². The highest BCUT2D eigenvalue weighted by molar-refractivity contribution is 7.80. The summed E-state index contributed by atoms with van der Waals surface area (Å²) in [6.45, 7) is 5.59. The number of amides is 2. The Labute approximate surface area is 156 Å². The van der Waals surface area contributed by atoms with E-state index in [1.54, 1.807) is 31.2 Å². The number of esters is 1. The second-order valence-electron chi connectivity index (χ2n) is 5.18. The topological polar surface area (TPSA) is 84.9 Å². The van der Waals surface area contributed by atoms with Gasteiger partial charge in [0.05, 0.1) is 6.61 Å². The van der Waals surface area contributed by atoms with Gasteiger partial charge in [-0.05, 0) is 42.9 Å². The summed E-state index contributed by atoms with van der Waals surface area (Å²) in [5, 5.41) is 2.53. The highest BCUT2D eigenvalue weighted by Crippen LogP contribution is 2.17. The molecule has 136 valence electrons. The van der Waals surface area contributed by atoms with Crippen LogP contribution in [0.1, 0.15) is 12.5 Å². The number of carbonyl (C=O) groups excluding carboxylic acids is 3. The molecule has 0 radical (unpaired) electrons. The smallest absolute Gasteiger partial charge is 0.344 e.